The van der Waals surface area contributed by atoms with E-state index in [0.717, 1.165) is 5.56 Å². The fraction of sp³-hybridized carbons (Fsp3) is 0.0909. The zero-order chi connectivity index (χ0) is 10.7. The van der Waals surface area contributed by atoms with Crippen LogP contribution in [0.2, 0.25) is 0 Å². The van der Waals surface area contributed by atoms with Crippen LogP contribution in [0.4, 0.5) is 0 Å². The Bertz CT molecular complexity index is 448. The van der Waals surface area contributed by atoms with Gasteiger partial charge in [-0.2, -0.15) is 4.37 Å². The van der Waals surface area contributed by atoms with Gasteiger partial charge in [0.05, 0.1) is 5.56 Å². The Morgan fingerprint density at radius 2 is 2.00 bits per heavy atom. The largest absolute Gasteiger partial charge is 0.403 e. The molecule has 0 saturated heterocycles. The average molecular weight is 219 g/mol. The van der Waals surface area contributed by atoms with Gasteiger partial charge in [0.1, 0.15) is 0 Å². The van der Waals surface area contributed by atoms with Gasteiger partial charge in [-0.15, -0.1) is 0 Å². The molecule has 0 aliphatic carbocycles. The summed E-state index contributed by atoms with van der Waals surface area (Å²) < 4.78 is 8.94. The van der Waals surface area contributed by atoms with Crippen molar-refractivity contribution in [1.29, 1.82) is 0 Å². The van der Waals surface area contributed by atoms with Gasteiger partial charge >= 0.3 is 5.97 Å². The number of carbonyl (C=O) groups is 1. The normalized spacial score (nSPS) is 9.93. The molecule has 0 aliphatic rings. The molecular weight excluding hydrogens is 210 g/mol. The van der Waals surface area contributed by atoms with Crippen LogP contribution in [0.15, 0.2) is 35.7 Å². The van der Waals surface area contributed by atoms with Crippen LogP contribution in [0.5, 0.6) is 5.88 Å². The van der Waals surface area contributed by atoms with Crippen LogP contribution in [0.25, 0.3) is 0 Å². The fourth-order valence-corrected chi connectivity index (χ4v) is 1.54. The van der Waals surface area contributed by atoms with E-state index in [2.05, 4.69) is 4.37 Å². The van der Waals surface area contributed by atoms with Gasteiger partial charge < -0.3 is 4.74 Å². The maximum absolute atomic E-state index is 11.6. The first-order valence-electron chi connectivity index (χ1n) is 4.45. The molecule has 0 unspecified atom stereocenters. The van der Waals surface area contributed by atoms with Gasteiger partial charge in [0.2, 0.25) is 5.88 Å². The number of rotatable bonds is 2. The predicted octanol–water partition coefficient (Wildman–Crippen LogP) is 2.67. The molecule has 0 bridgehead atoms. The summed E-state index contributed by atoms with van der Waals surface area (Å²) in [4.78, 5) is 11.6. The summed E-state index contributed by atoms with van der Waals surface area (Å²) in [6, 6.07) is 8.89. The Labute approximate surface area is 91.5 Å². The molecule has 0 atom stereocenters. The van der Waals surface area contributed by atoms with Gasteiger partial charge in [0.25, 0.3) is 0 Å². The second kappa shape index (κ2) is 4.23. The number of aryl methyl sites for hydroxylation is 1. The third kappa shape index (κ3) is 2.41. The Hall–Kier alpha value is -1.68. The Morgan fingerprint density at radius 3 is 2.60 bits per heavy atom. The lowest BCUT2D eigenvalue weighted by Gasteiger charge is -2.00. The molecule has 0 saturated carbocycles. The van der Waals surface area contributed by atoms with E-state index >= 15 is 0 Å². The zero-order valence-electron chi connectivity index (χ0n) is 8.14. The van der Waals surface area contributed by atoms with Crippen LogP contribution in [0, 0.1) is 6.92 Å². The van der Waals surface area contributed by atoms with E-state index < -0.39 is 0 Å². The predicted molar refractivity (Wildman–Crippen MR) is 58.3 cm³/mol. The van der Waals surface area contributed by atoms with E-state index in [9.17, 15) is 4.79 Å². The third-order valence-electron chi connectivity index (χ3n) is 1.90. The third-order valence-corrected chi connectivity index (χ3v) is 2.44. The number of hydrogen-bond donors (Lipinski definition) is 0. The maximum atomic E-state index is 11.6. The van der Waals surface area contributed by atoms with E-state index in [1.165, 1.54) is 11.5 Å². The molecule has 4 heteroatoms. The second-order valence-electron chi connectivity index (χ2n) is 3.09. The van der Waals surface area contributed by atoms with Crippen molar-refractivity contribution >= 4 is 17.5 Å². The van der Waals surface area contributed by atoms with Crippen LogP contribution in [0.1, 0.15) is 15.9 Å². The van der Waals surface area contributed by atoms with Crippen molar-refractivity contribution in [2.45, 2.75) is 6.92 Å². The Morgan fingerprint density at radius 1 is 1.27 bits per heavy atom. The van der Waals surface area contributed by atoms with Gasteiger partial charge in [-0.05, 0) is 30.6 Å². The van der Waals surface area contributed by atoms with E-state index in [-0.39, 0.29) is 5.97 Å². The Balaban J connectivity index is 2.11. The summed E-state index contributed by atoms with van der Waals surface area (Å²) in [5.41, 5.74) is 1.65. The summed E-state index contributed by atoms with van der Waals surface area (Å²) in [5.74, 6) is -0.0218. The van der Waals surface area contributed by atoms with Crippen LogP contribution in [0.3, 0.4) is 0 Å². The standard InChI is InChI=1S/C11H9NO2S/c1-8-2-4-9(5-3-8)11(13)14-10-6-7-15-12-10/h2-7H,1H3. The maximum Gasteiger partial charge on any atom is 0.344 e. The van der Waals surface area contributed by atoms with Gasteiger partial charge in [-0.3, -0.25) is 0 Å². The number of hydrogen-bond acceptors (Lipinski definition) is 4. The lowest BCUT2D eigenvalue weighted by molar-refractivity contribution is 0.0729. The van der Waals surface area contributed by atoms with Gasteiger partial charge in [-0.1, -0.05) is 17.7 Å². The molecule has 0 N–H and O–H groups in total. The zero-order valence-corrected chi connectivity index (χ0v) is 8.95. The summed E-state index contributed by atoms with van der Waals surface area (Å²) >= 11 is 1.25. The minimum atomic E-state index is -0.374. The van der Waals surface area contributed by atoms with Gasteiger partial charge in [-0.25, -0.2) is 4.79 Å². The molecule has 0 aliphatic heterocycles. The lowest BCUT2D eigenvalue weighted by atomic mass is 10.1. The molecule has 1 aromatic heterocycles. The van der Waals surface area contributed by atoms with Gasteiger partial charge in [0.15, 0.2) is 0 Å². The molecule has 0 radical (unpaired) electrons. The van der Waals surface area contributed by atoms with Gasteiger partial charge in [0, 0.05) is 11.4 Å². The molecule has 3 nitrogen and oxygen atoms in total. The molecule has 2 rings (SSSR count). The van der Waals surface area contributed by atoms with Crippen molar-refractivity contribution < 1.29 is 9.53 Å². The van der Waals surface area contributed by atoms with Crippen LogP contribution < -0.4 is 4.74 Å². The van der Waals surface area contributed by atoms with E-state index in [4.69, 9.17) is 4.74 Å². The first-order chi connectivity index (χ1) is 7.25. The summed E-state index contributed by atoms with van der Waals surface area (Å²) in [6.07, 6.45) is 0. The monoisotopic (exact) mass is 219 g/mol. The average Bonchev–Trinajstić information content (AvgIpc) is 2.71. The summed E-state index contributed by atoms with van der Waals surface area (Å²) in [5, 5.41) is 1.76. The molecule has 0 spiro atoms. The number of nitrogens with zero attached hydrogens (tertiary/aromatic N) is 1. The van der Waals surface area contributed by atoms with Crippen molar-refractivity contribution in [3.05, 3.63) is 46.8 Å². The minimum absolute atomic E-state index is 0.352. The number of esters is 1. The van der Waals surface area contributed by atoms with Crippen molar-refractivity contribution in [3.8, 4) is 5.88 Å². The number of ether oxygens (including phenoxy) is 1. The van der Waals surface area contributed by atoms with E-state index in [1.54, 1.807) is 23.6 Å². The van der Waals surface area contributed by atoms with Crippen LogP contribution >= 0.6 is 11.5 Å². The van der Waals surface area contributed by atoms with E-state index in [0.29, 0.717) is 11.4 Å². The van der Waals surface area contributed by atoms with Crippen molar-refractivity contribution in [1.82, 2.24) is 4.37 Å². The lowest BCUT2D eigenvalue weighted by Crippen LogP contribution is -2.08. The van der Waals surface area contributed by atoms with Crippen LogP contribution in [-0.4, -0.2) is 10.3 Å². The van der Waals surface area contributed by atoms with Crippen molar-refractivity contribution in [2.24, 2.45) is 0 Å². The highest BCUT2D eigenvalue weighted by Gasteiger charge is 2.08. The topological polar surface area (TPSA) is 39.2 Å². The minimum Gasteiger partial charge on any atom is -0.403 e. The quantitative estimate of drug-likeness (QED) is 0.729. The molecule has 1 aromatic carbocycles. The Kier molecular flexibility index (Phi) is 2.78. The first-order valence-corrected chi connectivity index (χ1v) is 5.28. The number of aromatic nitrogens is 1. The summed E-state index contributed by atoms with van der Waals surface area (Å²) in [7, 11) is 0. The summed E-state index contributed by atoms with van der Waals surface area (Å²) in [6.45, 7) is 1.97. The highest BCUT2D eigenvalue weighted by atomic mass is 32.1. The molecule has 1 heterocycles. The van der Waals surface area contributed by atoms with Crippen molar-refractivity contribution in [2.75, 3.05) is 0 Å². The molecule has 0 amide bonds. The molecule has 76 valence electrons. The molecule has 15 heavy (non-hydrogen) atoms. The molecular formula is C11H9NO2S. The SMILES string of the molecule is Cc1ccc(C(=O)Oc2ccsn2)cc1. The highest BCUT2D eigenvalue weighted by Crippen LogP contribution is 2.12. The fourth-order valence-electron chi connectivity index (χ4n) is 1.10. The van der Waals surface area contributed by atoms with Crippen molar-refractivity contribution in [3.63, 3.8) is 0 Å². The highest BCUT2D eigenvalue weighted by molar-refractivity contribution is 7.03. The number of benzene rings is 1. The second-order valence-corrected chi connectivity index (χ2v) is 3.76. The molecule has 2 aromatic rings. The van der Waals surface area contributed by atoms with E-state index in [1.807, 2.05) is 19.1 Å². The number of carbonyl (C=O) groups excluding carboxylic acids is 1. The van der Waals surface area contributed by atoms with Crippen LogP contribution in [-0.2, 0) is 0 Å². The smallest absolute Gasteiger partial charge is 0.344 e. The molecule has 0 fully saturated rings. The first kappa shape index (κ1) is 9.86.